The highest BCUT2D eigenvalue weighted by molar-refractivity contribution is 7.89. The van der Waals surface area contributed by atoms with E-state index in [2.05, 4.69) is 10.0 Å². The largest absolute Gasteiger partial charge is 0.317 e. The van der Waals surface area contributed by atoms with Crippen molar-refractivity contribution in [3.8, 4) is 0 Å². The van der Waals surface area contributed by atoms with Crippen LogP contribution < -0.4 is 10.0 Å². The molecule has 1 saturated heterocycles. The Labute approximate surface area is 111 Å². The molecule has 2 rings (SSSR count). The third-order valence-electron chi connectivity index (χ3n) is 3.08. The van der Waals surface area contributed by atoms with Crippen LogP contribution in [-0.2, 0) is 10.0 Å². The zero-order valence-corrected chi connectivity index (χ0v) is 11.1. The molecule has 0 aliphatic carbocycles. The summed E-state index contributed by atoms with van der Waals surface area (Å²) in [5.41, 5.74) is 0. The van der Waals surface area contributed by atoms with Crippen molar-refractivity contribution in [2.24, 2.45) is 0 Å². The topological polar surface area (TPSA) is 58.2 Å². The Morgan fingerprint density at radius 1 is 1.21 bits per heavy atom. The normalized spacial score (nSPS) is 21.1. The van der Waals surface area contributed by atoms with Gasteiger partial charge in [0.2, 0.25) is 10.0 Å². The lowest BCUT2D eigenvalue weighted by Gasteiger charge is -2.16. The maximum absolute atomic E-state index is 13.5. The molecule has 0 saturated carbocycles. The average molecular weight is 290 g/mol. The lowest BCUT2D eigenvalue weighted by Crippen LogP contribution is -2.35. The van der Waals surface area contributed by atoms with Crippen molar-refractivity contribution >= 4 is 10.0 Å². The van der Waals surface area contributed by atoms with Gasteiger partial charge < -0.3 is 5.32 Å². The van der Waals surface area contributed by atoms with Gasteiger partial charge in [-0.3, -0.25) is 0 Å². The van der Waals surface area contributed by atoms with Crippen LogP contribution in [0.4, 0.5) is 8.78 Å². The summed E-state index contributed by atoms with van der Waals surface area (Å²) >= 11 is 0. The molecule has 1 aromatic carbocycles. The van der Waals surface area contributed by atoms with Gasteiger partial charge in [-0.15, -0.1) is 0 Å². The predicted molar refractivity (Wildman–Crippen MR) is 67.2 cm³/mol. The van der Waals surface area contributed by atoms with Gasteiger partial charge in [0.15, 0.2) is 0 Å². The third kappa shape index (κ3) is 3.71. The third-order valence-corrected chi connectivity index (χ3v) is 4.63. The molecular weight excluding hydrogens is 274 g/mol. The number of sulfonamides is 1. The summed E-state index contributed by atoms with van der Waals surface area (Å²) in [4.78, 5) is -0.508. The highest BCUT2D eigenvalue weighted by Crippen LogP contribution is 2.17. The molecule has 0 spiro atoms. The van der Waals surface area contributed by atoms with Crippen LogP contribution in [0.1, 0.15) is 19.3 Å². The van der Waals surface area contributed by atoms with Crippen LogP contribution in [0.15, 0.2) is 23.1 Å². The van der Waals surface area contributed by atoms with Crippen LogP contribution in [0.5, 0.6) is 0 Å². The van der Waals surface area contributed by atoms with E-state index in [0.717, 1.165) is 31.6 Å². The standard InChI is InChI=1S/C12H16F2N2O2S/c13-9-3-4-12(11(14)8-9)19(17,18)16-10-2-1-6-15-7-5-10/h3-4,8,10,15-16H,1-2,5-7H2. The summed E-state index contributed by atoms with van der Waals surface area (Å²) in [5, 5.41) is 3.16. The highest BCUT2D eigenvalue weighted by Gasteiger charge is 2.24. The van der Waals surface area contributed by atoms with Gasteiger partial charge in [0, 0.05) is 12.1 Å². The van der Waals surface area contributed by atoms with Gasteiger partial charge in [0.1, 0.15) is 16.5 Å². The molecule has 1 aliphatic heterocycles. The molecule has 1 heterocycles. The monoisotopic (exact) mass is 290 g/mol. The van der Waals surface area contributed by atoms with Crippen LogP contribution in [0.2, 0.25) is 0 Å². The van der Waals surface area contributed by atoms with E-state index in [4.69, 9.17) is 0 Å². The molecule has 0 amide bonds. The van der Waals surface area contributed by atoms with Gasteiger partial charge in [-0.05, 0) is 44.5 Å². The fraction of sp³-hybridized carbons (Fsp3) is 0.500. The quantitative estimate of drug-likeness (QED) is 0.884. The molecule has 1 aromatic rings. The molecule has 106 valence electrons. The van der Waals surface area contributed by atoms with Crippen LogP contribution in [0.3, 0.4) is 0 Å². The first-order valence-corrected chi connectivity index (χ1v) is 7.65. The van der Waals surface area contributed by atoms with Gasteiger partial charge in [-0.1, -0.05) is 0 Å². The van der Waals surface area contributed by atoms with E-state index in [-0.39, 0.29) is 6.04 Å². The minimum absolute atomic E-state index is 0.218. The maximum atomic E-state index is 13.5. The molecule has 0 bridgehead atoms. The second-order valence-corrected chi connectivity index (χ2v) is 6.26. The van der Waals surface area contributed by atoms with Gasteiger partial charge in [-0.25, -0.2) is 21.9 Å². The molecule has 1 aliphatic rings. The fourth-order valence-corrected chi connectivity index (χ4v) is 3.48. The molecule has 2 N–H and O–H groups in total. The van der Waals surface area contributed by atoms with Gasteiger partial charge in [-0.2, -0.15) is 0 Å². The Hall–Kier alpha value is -1.05. The molecule has 19 heavy (non-hydrogen) atoms. The fourth-order valence-electron chi connectivity index (χ4n) is 2.11. The zero-order chi connectivity index (χ0) is 13.9. The number of rotatable bonds is 3. The zero-order valence-electron chi connectivity index (χ0n) is 10.3. The Bertz CT molecular complexity index is 541. The molecule has 1 unspecified atom stereocenters. The van der Waals surface area contributed by atoms with E-state index >= 15 is 0 Å². The van der Waals surface area contributed by atoms with E-state index in [0.29, 0.717) is 18.9 Å². The van der Waals surface area contributed by atoms with Crippen molar-refractivity contribution in [1.29, 1.82) is 0 Å². The van der Waals surface area contributed by atoms with Crippen LogP contribution in [-0.4, -0.2) is 27.5 Å². The van der Waals surface area contributed by atoms with Crippen LogP contribution in [0, 0.1) is 11.6 Å². The summed E-state index contributed by atoms with van der Waals surface area (Å²) < 4.78 is 52.9. The van der Waals surface area contributed by atoms with Crippen molar-refractivity contribution in [2.45, 2.75) is 30.2 Å². The minimum atomic E-state index is -3.94. The second kappa shape index (κ2) is 5.94. The minimum Gasteiger partial charge on any atom is -0.317 e. The SMILES string of the molecule is O=S(=O)(NC1CCCNCC1)c1ccc(F)cc1F. The molecule has 0 aromatic heterocycles. The van der Waals surface area contributed by atoms with E-state index in [1.54, 1.807) is 0 Å². The van der Waals surface area contributed by atoms with Crippen molar-refractivity contribution < 1.29 is 17.2 Å². The molecule has 0 radical (unpaired) electrons. The van der Waals surface area contributed by atoms with E-state index in [1.807, 2.05) is 0 Å². The number of benzene rings is 1. The number of hydrogen-bond donors (Lipinski definition) is 2. The first-order chi connectivity index (χ1) is 8.99. The van der Waals surface area contributed by atoms with Crippen LogP contribution >= 0.6 is 0 Å². The summed E-state index contributed by atoms with van der Waals surface area (Å²) in [6, 6.07) is 2.24. The van der Waals surface area contributed by atoms with Gasteiger partial charge in [0.05, 0.1) is 0 Å². The smallest absolute Gasteiger partial charge is 0.243 e. The summed E-state index contributed by atoms with van der Waals surface area (Å²) in [6.07, 6.45) is 2.22. The average Bonchev–Trinajstić information content (AvgIpc) is 2.56. The molecule has 1 atom stereocenters. The van der Waals surface area contributed by atoms with Crippen molar-refractivity contribution in [2.75, 3.05) is 13.1 Å². The van der Waals surface area contributed by atoms with Gasteiger partial charge in [0.25, 0.3) is 0 Å². The van der Waals surface area contributed by atoms with Crippen LogP contribution in [0.25, 0.3) is 0 Å². The first kappa shape index (κ1) is 14.4. The summed E-state index contributed by atoms with van der Waals surface area (Å²) in [5.74, 6) is -1.87. The summed E-state index contributed by atoms with van der Waals surface area (Å²) in [7, 11) is -3.94. The lowest BCUT2D eigenvalue weighted by atomic mass is 10.1. The Morgan fingerprint density at radius 2 is 2.00 bits per heavy atom. The maximum Gasteiger partial charge on any atom is 0.243 e. The lowest BCUT2D eigenvalue weighted by molar-refractivity contribution is 0.508. The van der Waals surface area contributed by atoms with E-state index in [9.17, 15) is 17.2 Å². The van der Waals surface area contributed by atoms with Crippen molar-refractivity contribution in [3.05, 3.63) is 29.8 Å². The Balaban J connectivity index is 2.17. The molecule has 4 nitrogen and oxygen atoms in total. The molecule has 7 heteroatoms. The van der Waals surface area contributed by atoms with Gasteiger partial charge >= 0.3 is 0 Å². The van der Waals surface area contributed by atoms with E-state index in [1.165, 1.54) is 0 Å². The Kier molecular flexibility index (Phi) is 4.49. The number of nitrogens with one attached hydrogen (secondary N) is 2. The number of hydrogen-bond acceptors (Lipinski definition) is 3. The van der Waals surface area contributed by atoms with Crippen molar-refractivity contribution in [1.82, 2.24) is 10.0 Å². The van der Waals surface area contributed by atoms with E-state index < -0.39 is 26.6 Å². The number of halogens is 2. The highest BCUT2D eigenvalue weighted by atomic mass is 32.2. The second-order valence-electron chi connectivity index (χ2n) is 4.57. The first-order valence-electron chi connectivity index (χ1n) is 6.17. The molecule has 1 fully saturated rings. The molecular formula is C12H16F2N2O2S. The Morgan fingerprint density at radius 3 is 2.74 bits per heavy atom. The predicted octanol–water partition coefficient (Wildman–Crippen LogP) is 1.39. The summed E-state index contributed by atoms with van der Waals surface area (Å²) in [6.45, 7) is 1.57. The van der Waals surface area contributed by atoms with Crippen molar-refractivity contribution in [3.63, 3.8) is 0 Å².